The molecule has 1 amide bonds. The summed E-state index contributed by atoms with van der Waals surface area (Å²) in [7, 11) is -3.14. The van der Waals surface area contributed by atoms with Crippen molar-refractivity contribution >= 4 is 21.7 Å². The number of nitrogens with zero attached hydrogens (tertiary/aromatic N) is 2. The van der Waals surface area contributed by atoms with Crippen molar-refractivity contribution in [1.29, 1.82) is 0 Å². The molecule has 21 heavy (non-hydrogen) atoms. The highest BCUT2D eigenvalue weighted by atomic mass is 32.2. The highest BCUT2D eigenvalue weighted by molar-refractivity contribution is 7.91. The summed E-state index contributed by atoms with van der Waals surface area (Å²) in [4.78, 5) is 26.6. The number of hydrogen-bond donors (Lipinski definition) is 1. The van der Waals surface area contributed by atoms with Crippen LogP contribution in [0.4, 0.5) is 0 Å². The molecule has 8 heteroatoms. The monoisotopic (exact) mass is 318 g/mol. The van der Waals surface area contributed by atoms with Crippen LogP contribution < -0.4 is 0 Å². The van der Waals surface area contributed by atoms with Crippen molar-refractivity contribution in [2.75, 3.05) is 37.7 Å². The Hall–Kier alpha value is -1.15. The average Bonchev–Trinajstić information content (AvgIpc) is 3.02. The number of rotatable bonds is 6. The third kappa shape index (κ3) is 4.67. The molecular weight excluding hydrogens is 296 g/mol. The van der Waals surface area contributed by atoms with E-state index >= 15 is 0 Å². The van der Waals surface area contributed by atoms with Gasteiger partial charge in [-0.25, -0.2) is 8.42 Å². The third-order valence-electron chi connectivity index (χ3n) is 4.12. The summed E-state index contributed by atoms with van der Waals surface area (Å²) in [6.45, 7) is 2.15. The zero-order chi connectivity index (χ0) is 15.5. The van der Waals surface area contributed by atoms with E-state index in [0.29, 0.717) is 13.0 Å². The quantitative estimate of drug-likeness (QED) is 0.714. The van der Waals surface area contributed by atoms with E-state index in [0.717, 1.165) is 25.9 Å². The fraction of sp³-hybridized carbons (Fsp3) is 0.846. The summed E-state index contributed by atoms with van der Waals surface area (Å²) in [5.41, 5.74) is 0. The van der Waals surface area contributed by atoms with E-state index in [2.05, 4.69) is 4.90 Å². The Morgan fingerprint density at radius 3 is 2.43 bits per heavy atom. The molecule has 0 aromatic carbocycles. The van der Waals surface area contributed by atoms with Gasteiger partial charge in [0.25, 0.3) is 0 Å². The van der Waals surface area contributed by atoms with Crippen LogP contribution in [-0.2, 0) is 19.4 Å². The van der Waals surface area contributed by atoms with Gasteiger partial charge in [0.2, 0.25) is 5.91 Å². The lowest BCUT2D eigenvalue weighted by Gasteiger charge is -2.27. The molecule has 2 fully saturated rings. The molecule has 0 aliphatic carbocycles. The van der Waals surface area contributed by atoms with Crippen molar-refractivity contribution < 1.29 is 23.1 Å². The van der Waals surface area contributed by atoms with Crippen molar-refractivity contribution in [1.82, 2.24) is 9.80 Å². The summed E-state index contributed by atoms with van der Waals surface area (Å²) >= 11 is 0. The number of sulfone groups is 1. The van der Waals surface area contributed by atoms with Crippen molar-refractivity contribution in [3.05, 3.63) is 0 Å². The van der Waals surface area contributed by atoms with Gasteiger partial charge in [0.15, 0.2) is 9.84 Å². The first-order valence-electron chi connectivity index (χ1n) is 7.31. The topological polar surface area (TPSA) is 95.0 Å². The highest BCUT2D eigenvalue weighted by Gasteiger charge is 2.35. The third-order valence-corrected chi connectivity index (χ3v) is 5.87. The largest absolute Gasteiger partial charge is 0.480 e. The molecule has 0 aromatic rings. The predicted molar refractivity (Wildman–Crippen MR) is 76.7 cm³/mol. The van der Waals surface area contributed by atoms with Crippen LogP contribution in [0.15, 0.2) is 0 Å². The van der Waals surface area contributed by atoms with Gasteiger partial charge in [-0.05, 0) is 32.4 Å². The number of aliphatic carboxylic acids is 1. The van der Waals surface area contributed by atoms with Crippen LogP contribution >= 0.6 is 0 Å². The average molecular weight is 318 g/mol. The van der Waals surface area contributed by atoms with E-state index in [-0.39, 0.29) is 23.8 Å². The molecular formula is C13H22N2O5S. The number of carboxylic acid groups (broad SMARTS) is 1. The Kier molecular flexibility index (Phi) is 5.21. The summed E-state index contributed by atoms with van der Waals surface area (Å²) in [5.74, 6) is -1.44. The van der Waals surface area contributed by atoms with E-state index < -0.39 is 28.4 Å². The lowest BCUT2D eigenvalue weighted by molar-refractivity contribution is -0.146. The molecule has 2 rings (SSSR count). The van der Waals surface area contributed by atoms with E-state index in [9.17, 15) is 18.0 Å². The van der Waals surface area contributed by atoms with E-state index in [1.54, 1.807) is 0 Å². The normalized spacial score (nSPS) is 25.0. The maximum absolute atomic E-state index is 12.3. The van der Waals surface area contributed by atoms with Gasteiger partial charge < -0.3 is 14.9 Å². The number of carboxylic acids is 1. The van der Waals surface area contributed by atoms with Crippen LogP contribution in [0, 0.1) is 0 Å². The smallest absolute Gasteiger partial charge is 0.323 e. The van der Waals surface area contributed by atoms with Gasteiger partial charge >= 0.3 is 5.97 Å². The van der Waals surface area contributed by atoms with Crippen molar-refractivity contribution in [2.45, 2.75) is 31.7 Å². The Bertz CT molecular complexity index is 499. The second kappa shape index (κ2) is 6.74. The van der Waals surface area contributed by atoms with Gasteiger partial charge in [0.1, 0.15) is 6.54 Å². The molecule has 0 bridgehead atoms. The molecule has 2 heterocycles. The number of carbonyl (C=O) groups is 2. The van der Waals surface area contributed by atoms with Crippen molar-refractivity contribution in [3.8, 4) is 0 Å². The molecule has 0 spiro atoms. The Morgan fingerprint density at radius 1 is 1.24 bits per heavy atom. The minimum Gasteiger partial charge on any atom is -0.480 e. The van der Waals surface area contributed by atoms with Gasteiger partial charge in [-0.3, -0.25) is 9.59 Å². The first-order valence-corrected chi connectivity index (χ1v) is 9.13. The van der Waals surface area contributed by atoms with E-state index in [1.807, 2.05) is 0 Å². The predicted octanol–water partition coefficient (Wildman–Crippen LogP) is -0.427. The molecule has 2 aliphatic heterocycles. The zero-order valence-electron chi connectivity index (χ0n) is 12.0. The number of likely N-dealkylation sites (tertiary alicyclic amines) is 1. The van der Waals surface area contributed by atoms with Crippen LogP contribution in [0.2, 0.25) is 0 Å². The van der Waals surface area contributed by atoms with Crippen molar-refractivity contribution in [2.24, 2.45) is 0 Å². The first-order chi connectivity index (χ1) is 9.87. The molecule has 2 saturated heterocycles. The highest BCUT2D eigenvalue weighted by Crippen LogP contribution is 2.19. The zero-order valence-corrected chi connectivity index (χ0v) is 12.8. The molecule has 0 saturated carbocycles. The summed E-state index contributed by atoms with van der Waals surface area (Å²) in [6, 6.07) is -0.489. The van der Waals surface area contributed by atoms with Crippen molar-refractivity contribution in [3.63, 3.8) is 0 Å². The molecule has 0 radical (unpaired) electrons. The van der Waals surface area contributed by atoms with Gasteiger partial charge in [-0.1, -0.05) is 0 Å². The maximum atomic E-state index is 12.3. The second-order valence-corrected chi connectivity index (χ2v) is 8.00. The Balaban J connectivity index is 1.94. The molecule has 120 valence electrons. The van der Waals surface area contributed by atoms with Crippen LogP contribution in [0.25, 0.3) is 0 Å². The molecule has 1 atom stereocenters. The molecule has 7 nitrogen and oxygen atoms in total. The fourth-order valence-electron chi connectivity index (χ4n) is 2.99. The minimum absolute atomic E-state index is 0.0349. The van der Waals surface area contributed by atoms with Crippen LogP contribution in [0.5, 0.6) is 0 Å². The fourth-order valence-corrected chi connectivity index (χ4v) is 4.72. The Morgan fingerprint density at radius 2 is 1.90 bits per heavy atom. The van der Waals surface area contributed by atoms with Crippen LogP contribution in [0.1, 0.15) is 25.7 Å². The van der Waals surface area contributed by atoms with Crippen LogP contribution in [-0.4, -0.2) is 78.9 Å². The minimum atomic E-state index is -3.14. The SMILES string of the molecule is O=C(O)CN(C(=O)CCN1CCCC1)C1CCS(=O)(=O)C1. The summed E-state index contributed by atoms with van der Waals surface area (Å²) in [5, 5.41) is 8.95. The lowest BCUT2D eigenvalue weighted by atomic mass is 10.2. The summed E-state index contributed by atoms with van der Waals surface area (Å²) in [6.07, 6.45) is 2.86. The Labute approximate surface area is 124 Å². The lowest BCUT2D eigenvalue weighted by Crippen LogP contribution is -2.45. The van der Waals surface area contributed by atoms with Gasteiger partial charge in [-0.15, -0.1) is 0 Å². The molecule has 1 N–H and O–H groups in total. The number of amides is 1. The maximum Gasteiger partial charge on any atom is 0.323 e. The van der Waals surface area contributed by atoms with E-state index in [1.165, 1.54) is 4.90 Å². The second-order valence-electron chi connectivity index (χ2n) is 5.77. The number of hydrogen-bond acceptors (Lipinski definition) is 5. The number of carbonyl (C=O) groups excluding carboxylic acids is 1. The van der Waals surface area contributed by atoms with Gasteiger partial charge in [-0.2, -0.15) is 0 Å². The van der Waals surface area contributed by atoms with E-state index in [4.69, 9.17) is 5.11 Å². The van der Waals surface area contributed by atoms with Crippen LogP contribution in [0.3, 0.4) is 0 Å². The van der Waals surface area contributed by atoms with Gasteiger partial charge in [0, 0.05) is 19.0 Å². The first kappa shape index (κ1) is 16.2. The molecule has 2 aliphatic rings. The summed E-state index contributed by atoms with van der Waals surface area (Å²) < 4.78 is 23.1. The molecule has 0 aromatic heterocycles. The molecule has 1 unspecified atom stereocenters. The van der Waals surface area contributed by atoms with Gasteiger partial charge in [0.05, 0.1) is 11.5 Å². The standard InChI is InChI=1S/C13H22N2O5S/c16-12(3-7-14-5-1-2-6-14)15(9-13(17)18)11-4-8-21(19,20)10-11/h11H,1-10H2,(H,17,18).